The predicted octanol–water partition coefficient (Wildman–Crippen LogP) is 2.95. The second-order valence-electron chi connectivity index (χ2n) is 6.32. The van der Waals surface area contributed by atoms with E-state index in [1.807, 2.05) is 18.2 Å². The maximum Gasteiger partial charge on any atom is 0.324 e. The molecular formula is C17H19N3O2S. The molecule has 4 rings (SSSR count). The number of amides is 3. The number of nitrogens with one attached hydrogen (secondary N) is 1. The van der Waals surface area contributed by atoms with Crippen LogP contribution in [0.5, 0.6) is 0 Å². The van der Waals surface area contributed by atoms with Gasteiger partial charge in [-0.15, -0.1) is 11.3 Å². The molecule has 2 aromatic rings. The molecule has 5 nitrogen and oxygen atoms in total. The van der Waals surface area contributed by atoms with Crippen LogP contribution in [0.4, 0.5) is 4.79 Å². The predicted molar refractivity (Wildman–Crippen MR) is 89.3 cm³/mol. The molecule has 1 aliphatic carbocycles. The summed E-state index contributed by atoms with van der Waals surface area (Å²) in [5.41, 5.74) is 1.02. The highest BCUT2D eigenvalue weighted by atomic mass is 32.1. The maximum atomic E-state index is 12.2. The van der Waals surface area contributed by atoms with Crippen molar-refractivity contribution in [2.45, 2.75) is 38.1 Å². The molecule has 2 aliphatic rings. The number of imide groups is 1. The Morgan fingerprint density at radius 2 is 2.09 bits per heavy atom. The van der Waals surface area contributed by atoms with Crippen LogP contribution in [-0.2, 0) is 11.2 Å². The van der Waals surface area contributed by atoms with Crippen LogP contribution in [0.25, 0.3) is 10.2 Å². The van der Waals surface area contributed by atoms with Gasteiger partial charge in [0.2, 0.25) is 5.91 Å². The summed E-state index contributed by atoms with van der Waals surface area (Å²) in [4.78, 5) is 30.3. The summed E-state index contributed by atoms with van der Waals surface area (Å²) in [6.07, 6.45) is 4.28. The smallest absolute Gasteiger partial charge is 0.324 e. The van der Waals surface area contributed by atoms with Gasteiger partial charge in [0.05, 0.1) is 15.2 Å². The second kappa shape index (κ2) is 5.92. The van der Waals surface area contributed by atoms with Gasteiger partial charge in [0.15, 0.2) is 0 Å². The third kappa shape index (κ3) is 3.08. The molecule has 1 saturated carbocycles. The summed E-state index contributed by atoms with van der Waals surface area (Å²) in [7, 11) is 0. The van der Waals surface area contributed by atoms with E-state index in [-0.39, 0.29) is 18.0 Å². The normalized spacial score (nSPS) is 21.7. The molecule has 1 saturated heterocycles. The zero-order valence-corrected chi connectivity index (χ0v) is 13.6. The van der Waals surface area contributed by atoms with Crippen LogP contribution in [0.2, 0.25) is 0 Å². The number of thiazole rings is 1. The molecule has 1 aromatic heterocycles. The standard InChI is InChI=1S/C17H19N3O2S/c21-16-10-13(11-7-8-11)19-17(22)20(16)9-3-6-15-18-12-4-1-2-5-14(12)23-15/h1-2,4-5,11,13H,3,6-10H2,(H,19,22)/t13-/m0/s1. The fourth-order valence-corrected chi connectivity index (χ4v) is 4.13. The lowest BCUT2D eigenvalue weighted by atomic mass is 10.1. The molecule has 1 aliphatic heterocycles. The first-order chi connectivity index (χ1) is 11.2. The average Bonchev–Trinajstić information content (AvgIpc) is 3.29. The number of fused-ring (bicyclic) bond motifs is 1. The lowest BCUT2D eigenvalue weighted by Gasteiger charge is -2.31. The summed E-state index contributed by atoms with van der Waals surface area (Å²) < 4.78 is 1.18. The monoisotopic (exact) mass is 329 g/mol. The van der Waals surface area contributed by atoms with Crippen LogP contribution >= 0.6 is 11.3 Å². The maximum absolute atomic E-state index is 12.2. The molecule has 6 heteroatoms. The van der Waals surface area contributed by atoms with Crippen LogP contribution in [0.3, 0.4) is 0 Å². The van der Waals surface area contributed by atoms with Crippen molar-refractivity contribution in [2.24, 2.45) is 5.92 Å². The van der Waals surface area contributed by atoms with Gasteiger partial charge in [-0.2, -0.15) is 0 Å². The van der Waals surface area contributed by atoms with Crippen molar-refractivity contribution < 1.29 is 9.59 Å². The van der Waals surface area contributed by atoms with Gasteiger partial charge < -0.3 is 5.32 Å². The minimum atomic E-state index is -0.220. The number of carbonyl (C=O) groups excluding carboxylic acids is 2. The van der Waals surface area contributed by atoms with Crippen molar-refractivity contribution in [1.29, 1.82) is 0 Å². The van der Waals surface area contributed by atoms with Gasteiger partial charge >= 0.3 is 6.03 Å². The summed E-state index contributed by atoms with van der Waals surface area (Å²) in [6, 6.07) is 7.92. The molecule has 1 aromatic carbocycles. The molecule has 0 radical (unpaired) electrons. The highest BCUT2D eigenvalue weighted by Gasteiger charge is 2.39. The van der Waals surface area contributed by atoms with E-state index >= 15 is 0 Å². The van der Waals surface area contributed by atoms with E-state index in [1.165, 1.54) is 9.60 Å². The van der Waals surface area contributed by atoms with Crippen molar-refractivity contribution in [3.05, 3.63) is 29.3 Å². The fraction of sp³-hybridized carbons (Fsp3) is 0.471. The molecule has 23 heavy (non-hydrogen) atoms. The number of hydrogen-bond donors (Lipinski definition) is 1. The highest BCUT2D eigenvalue weighted by Crippen LogP contribution is 2.35. The number of hydrogen-bond acceptors (Lipinski definition) is 4. The molecule has 2 heterocycles. The molecule has 1 atom stereocenters. The number of nitrogens with zero attached hydrogens (tertiary/aromatic N) is 2. The Kier molecular flexibility index (Phi) is 3.77. The Bertz CT molecular complexity index is 702. The van der Waals surface area contributed by atoms with E-state index in [4.69, 9.17) is 0 Å². The van der Waals surface area contributed by atoms with E-state index in [9.17, 15) is 9.59 Å². The summed E-state index contributed by atoms with van der Waals surface area (Å²) in [5.74, 6) is 0.489. The van der Waals surface area contributed by atoms with Crippen LogP contribution in [0, 0.1) is 5.92 Å². The minimum absolute atomic E-state index is 0.0325. The van der Waals surface area contributed by atoms with E-state index in [2.05, 4.69) is 16.4 Å². The van der Waals surface area contributed by atoms with Crippen molar-refractivity contribution in [3.63, 3.8) is 0 Å². The van der Waals surface area contributed by atoms with Crippen LogP contribution < -0.4 is 5.32 Å². The minimum Gasteiger partial charge on any atom is -0.334 e. The molecule has 0 spiro atoms. The molecular weight excluding hydrogens is 310 g/mol. The second-order valence-corrected chi connectivity index (χ2v) is 7.44. The van der Waals surface area contributed by atoms with E-state index in [1.54, 1.807) is 11.3 Å². The zero-order chi connectivity index (χ0) is 15.8. The lowest BCUT2D eigenvalue weighted by Crippen LogP contribution is -2.55. The molecule has 1 N–H and O–H groups in total. The van der Waals surface area contributed by atoms with E-state index in [0.717, 1.165) is 36.2 Å². The molecule has 2 fully saturated rings. The van der Waals surface area contributed by atoms with Gasteiger partial charge in [-0.05, 0) is 37.3 Å². The first-order valence-corrected chi connectivity index (χ1v) is 8.97. The van der Waals surface area contributed by atoms with Crippen LogP contribution in [-0.4, -0.2) is 34.4 Å². The highest BCUT2D eigenvalue weighted by molar-refractivity contribution is 7.18. The number of rotatable bonds is 5. The first kappa shape index (κ1) is 14.6. The van der Waals surface area contributed by atoms with Gasteiger partial charge in [-0.1, -0.05) is 12.1 Å². The van der Waals surface area contributed by atoms with Gasteiger partial charge in [-0.3, -0.25) is 9.69 Å². The Hall–Kier alpha value is -1.95. The lowest BCUT2D eigenvalue weighted by molar-refractivity contribution is -0.130. The largest absolute Gasteiger partial charge is 0.334 e. The topological polar surface area (TPSA) is 62.3 Å². The number of carbonyl (C=O) groups is 2. The average molecular weight is 329 g/mol. The first-order valence-electron chi connectivity index (χ1n) is 8.16. The van der Waals surface area contributed by atoms with Crippen molar-refractivity contribution in [3.8, 4) is 0 Å². The number of urea groups is 1. The Labute approximate surface area is 138 Å². The van der Waals surface area contributed by atoms with Gasteiger partial charge in [0.1, 0.15) is 0 Å². The molecule has 0 bridgehead atoms. The van der Waals surface area contributed by atoms with Crippen molar-refractivity contribution >= 4 is 33.5 Å². The molecule has 120 valence electrons. The number of para-hydroxylation sites is 1. The van der Waals surface area contributed by atoms with Crippen LogP contribution in [0.15, 0.2) is 24.3 Å². The van der Waals surface area contributed by atoms with Crippen molar-refractivity contribution in [1.82, 2.24) is 15.2 Å². The summed E-state index contributed by atoms with van der Waals surface area (Å²) in [5, 5.41) is 4.04. The Morgan fingerprint density at radius 3 is 2.83 bits per heavy atom. The third-order valence-electron chi connectivity index (χ3n) is 4.55. The molecule has 0 unspecified atom stereocenters. The number of aromatic nitrogens is 1. The summed E-state index contributed by atoms with van der Waals surface area (Å²) >= 11 is 1.68. The Morgan fingerprint density at radius 1 is 1.26 bits per heavy atom. The zero-order valence-electron chi connectivity index (χ0n) is 12.8. The number of benzene rings is 1. The third-order valence-corrected chi connectivity index (χ3v) is 5.65. The van der Waals surface area contributed by atoms with E-state index < -0.39 is 0 Å². The Balaban J connectivity index is 1.33. The van der Waals surface area contributed by atoms with Gasteiger partial charge in [0, 0.05) is 25.4 Å². The quantitative estimate of drug-likeness (QED) is 0.917. The van der Waals surface area contributed by atoms with Gasteiger partial charge in [0.25, 0.3) is 0 Å². The fourth-order valence-electron chi connectivity index (χ4n) is 3.12. The SMILES string of the molecule is O=C1C[C@@H](C2CC2)NC(=O)N1CCCc1nc2ccccc2s1. The number of aryl methyl sites for hydroxylation is 1. The van der Waals surface area contributed by atoms with Gasteiger partial charge in [-0.25, -0.2) is 9.78 Å². The van der Waals surface area contributed by atoms with Crippen molar-refractivity contribution in [2.75, 3.05) is 6.54 Å². The summed E-state index contributed by atoms with van der Waals surface area (Å²) in [6.45, 7) is 0.470. The van der Waals surface area contributed by atoms with E-state index in [0.29, 0.717) is 18.9 Å². The van der Waals surface area contributed by atoms with Crippen LogP contribution in [0.1, 0.15) is 30.7 Å². The molecule has 3 amide bonds.